The highest BCUT2D eigenvalue weighted by Crippen LogP contribution is 2.52. The van der Waals surface area contributed by atoms with Gasteiger partial charge in [-0.05, 0) is 55.6 Å². The number of piperidine rings is 1. The van der Waals surface area contributed by atoms with Gasteiger partial charge in [-0.1, -0.05) is 42.6 Å². The van der Waals surface area contributed by atoms with E-state index in [1.54, 1.807) is 29.6 Å². The number of rotatable bonds is 7. The zero-order valence-electron chi connectivity index (χ0n) is 22.3. The molecule has 1 aromatic heterocycles. The summed E-state index contributed by atoms with van der Waals surface area (Å²) in [5.74, 6) is 0.722. The summed E-state index contributed by atoms with van der Waals surface area (Å²) in [6.45, 7) is 8.43. The maximum absolute atomic E-state index is 12.6. The number of nitrogens with zero attached hydrogens (tertiary/aromatic N) is 2. The van der Waals surface area contributed by atoms with Crippen molar-refractivity contribution in [3.63, 3.8) is 0 Å². The van der Waals surface area contributed by atoms with Gasteiger partial charge in [0.1, 0.15) is 0 Å². The third-order valence-electron chi connectivity index (χ3n) is 7.66. The molecule has 6 rings (SSSR count). The highest BCUT2D eigenvalue weighted by molar-refractivity contribution is 8.05. The average molecular weight is 565 g/mol. The van der Waals surface area contributed by atoms with Crippen molar-refractivity contribution in [1.29, 1.82) is 0 Å². The van der Waals surface area contributed by atoms with Gasteiger partial charge in [-0.25, -0.2) is 0 Å². The lowest BCUT2D eigenvalue weighted by Gasteiger charge is -2.33. The van der Waals surface area contributed by atoms with Crippen LogP contribution in [-0.2, 0) is 4.74 Å². The number of anilines is 2. The van der Waals surface area contributed by atoms with Crippen molar-refractivity contribution in [2.45, 2.75) is 45.4 Å². The molecular formula is C30H36N4O3S2. The van der Waals surface area contributed by atoms with Crippen molar-refractivity contribution in [3.05, 3.63) is 58.9 Å². The third kappa shape index (κ3) is 6.18. The highest BCUT2D eigenvalue weighted by Gasteiger charge is 2.24. The van der Waals surface area contributed by atoms with Gasteiger partial charge >= 0.3 is 0 Å². The van der Waals surface area contributed by atoms with Crippen LogP contribution in [0.4, 0.5) is 11.4 Å². The predicted molar refractivity (Wildman–Crippen MR) is 160 cm³/mol. The Labute approximate surface area is 238 Å². The number of morpholine rings is 1. The number of ether oxygens (including phenoxy) is 1. The first-order valence-corrected chi connectivity index (χ1v) is 15.5. The number of benzene rings is 2. The molecule has 0 saturated carbocycles. The van der Waals surface area contributed by atoms with Gasteiger partial charge in [-0.15, -0.1) is 0 Å². The van der Waals surface area contributed by atoms with Crippen LogP contribution < -0.4 is 15.8 Å². The number of aliphatic hydroxyl groups is 1. The zero-order valence-corrected chi connectivity index (χ0v) is 24.0. The summed E-state index contributed by atoms with van der Waals surface area (Å²) < 4.78 is 5.50. The lowest BCUT2D eigenvalue weighted by atomic mass is 10.00. The first kappa shape index (κ1) is 26.8. The molecule has 2 aromatic carbocycles. The summed E-state index contributed by atoms with van der Waals surface area (Å²) >= 11 is 3.51. The summed E-state index contributed by atoms with van der Waals surface area (Å²) in [5, 5.41) is 13.7. The number of hydrogen-bond acceptors (Lipinski definition) is 8. The van der Waals surface area contributed by atoms with Crippen LogP contribution in [0.1, 0.15) is 19.8 Å². The van der Waals surface area contributed by atoms with Crippen molar-refractivity contribution in [1.82, 2.24) is 9.88 Å². The van der Waals surface area contributed by atoms with E-state index >= 15 is 0 Å². The molecule has 3 aliphatic heterocycles. The second-order valence-corrected chi connectivity index (χ2v) is 12.9. The molecule has 2 saturated heterocycles. The molecule has 9 heteroatoms. The quantitative estimate of drug-likeness (QED) is 0.290. The van der Waals surface area contributed by atoms with Crippen LogP contribution in [0.5, 0.6) is 0 Å². The molecular weight excluding hydrogens is 528 g/mol. The summed E-state index contributed by atoms with van der Waals surface area (Å²) in [5.41, 5.74) is 3.77. The van der Waals surface area contributed by atoms with Gasteiger partial charge in [-0.2, -0.15) is 0 Å². The molecule has 39 heavy (non-hydrogen) atoms. The molecule has 2 fully saturated rings. The smallest absolute Gasteiger partial charge is 0.250 e. The summed E-state index contributed by atoms with van der Waals surface area (Å²) in [6.07, 6.45) is 2.53. The fourth-order valence-corrected chi connectivity index (χ4v) is 8.14. The van der Waals surface area contributed by atoms with Crippen LogP contribution in [-0.4, -0.2) is 73.6 Å². The molecule has 0 aliphatic carbocycles. The Kier molecular flexibility index (Phi) is 8.22. The van der Waals surface area contributed by atoms with E-state index in [0.717, 1.165) is 66.2 Å². The summed E-state index contributed by atoms with van der Waals surface area (Å²) in [6, 6.07) is 16.6. The number of aromatic nitrogens is 1. The number of pyridine rings is 1. The maximum atomic E-state index is 12.6. The monoisotopic (exact) mass is 564 g/mol. The number of aromatic amines is 1. The third-order valence-corrected chi connectivity index (χ3v) is 10.3. The zero-order chi connectivity index (χ0) is 26.8. The van der Waals surface area contributed by atoms with Gasteiger partial charge in [0.2, 0.25) is 5.56 Å². The van der Waals surface area contributed by atoms with Crippen LogP contribution in [0.3, 0.4) is 0 Å². The van der Waals surface area contributed by atoms with E-state index in [0.29, 0.717) is 13.2 Å². The molecule has 3 N–H and O–H groups in total. The van der Waals surface area contributed by atoms with Crippen molar-refractivity contribution in [3.8, 4) is 11.3 Å². The van der Waals surface area contributed by atoms with Crippen LogP contribution in [0.2, 0.25) is 0 Å². The van der Waals surface area contributed by atoms with E-state index < -0.39 is 0 Å². The normalized spacial score (nSPS) is 20.3. The number of nitrogens with one attached hydrogen (secondary N) is 2. The van der Waals surface area contributed by atoms with E-state index in [1.165, 1.54) is 27.5 Å². The molecule has 2 atom stereocenters. The molecule has 0 radical (unpaired) electrons. The van der Waals surface area contributed by atoms with Crippen LogP contribution in [0, 0.1) is 5.92 Å². The molecule has 2 unspecified atom stereocenters. The topological polar surface area (TPSA) is 80.8 Å². The predicted octanol–water partition coefficient (Wildman–Crippen LogP) is 5.00. The Morgan fingerprint density at radius 1 is 1.08 bits per heavy atom. The van der Waals surface area contributed by atoms with E-state index in [9.17, 15) is 9.90 Å². The summed E-state index contributed by atoms with van der Waals surface area (Å²) in [7, 11) is 0. The van der Waals surface area contributed by atoms with E-state index in [4.69, 9.17) is 4.74 Å². The van der Waals surface area contributed by atoms with Crippen LogP contribution >= 0.6 is 23.5 Å². The Morgan fingerprint density at radius 2 is 1.95 bits per heavy atom. The van der Waals surface area contributed by atoms with E-state index in [1.807, 2.05) is 0 Å². The Balaban J connectivity index is 1.21. The van der Waals surface area contributed by atoms with Crippen molar-refractivity contribution in [2.75, 3.05) is 62.8 Å². The lowest BCUT2D eigenvalue weighted by molar-refractivity contribution is 0.122. The molecule has 3 aromatic rings. The maximum Gasteiger partial charge on any atom is 0.250 e. The molecule has 7 nitrogen and oxygen atoms in total. The first-order chi connectivity index (χ1) is 19.1. The second kappa shape index (κ2) is 12.0. The number of likely N-dealkylation sites (tertiary alicyclic amines) is 1. The van der Waals surface area contributed by atoms with Gasteiger partial charge in [0.05, 0.1) is 31.6 Å². The molecule has 0 bridgehead atoms. The Morgan fingerprint density at radius 3 is 2.77 bits per heavy atom. The molecule has 0 spiro atoms. The number of hydrogen-bond donors (Lipinski definition) is 3. The number of H-pyrrole nitrogens is 1. The molecule has 206 valence electrons. The summed E-state index contributed by atoms with van der Waals surface area (Å²) in [4.78, 5) is 25.1. The van der Waals surface area contributed by atoms with Gasteiger partial charge in [0.25, 0.3) is 0 Å². The van der Waals surface area contributed by atoms with Gasteiger partial charge < -0.3 is 29.9 Å². The Hall–Kier alpha value is -2.43. The second-order valence-electron chi connectivity index (χ2n) is 10.7. The van der Waals surface area contributed by atoms with Crippen molar-refractivity contribution in [2.24, 2.45) is 5.92 Å². The highest BCUT2D eigenvalue weighted by atomic mass is 32.2. The van der Waals surface area contributed by atoms with Crippen molar-refractivity contribution >= 4 is 34.9 Å². The number of fused-ring (bicyclic) bond motifs is 2. The average Bonchev–Trinajstić information content (AvgIpc) is 2.95. The molecule has 0 amide bonds. The largest absolute Gasteiger partial charge is 0.394 e. The SMILES string of the molecule is CC1CCCN(CC(CO)Nc2ccc3c(c2)Sc2cccc(-c4cc(N5CCOCC5)cc(=O)[nH]4)c2S3)C1. The van der Waals surface area contributed by atoms with Gasteiger partial charge in [0, 0.05) is 68.8 Å². The standard InChI is InChI=1S/C30H36N4O3S2/c1-20-4-3-9-33(17-20)18-22(19-35)31-21-7-8-26-28(14-21)38-27-6-2-5-24(30(27)39-26)25-15-23(16-29(36)32-25)34-10-12-37-13-11-34/h2,5-8,14-16,20,22,31,35H,3-4,9-13,17-19H2,1H3,(H,32,36). The molecule has 3 aliphatic rings. The molecule has 4 heterocycles. The van der Waals surface area contributed by atoms with Crippen LogP contribution in [0.25, 0.3) is 11.3 Å². The van der Waals surface area contributed by atoms with Crippen molar-refractivity contribution < 1.29 is 9.84 Å². The van der Waals surface area contributed by atoms with Gasteiger partial charge in [0.15, 0.2) is 0 Å². The fourth-order valence-electron chi connectivity index (χ4n) is 5.73. The first-order valence-electron chi connectivity index (χ1n) is 13.9. The van der Waals surface area contributed by atoms with E-state index in [-0.39, 0.29) is 18.2 Å². The van der Waals surface area contributed by atoms with E-state index in [2.05, 4.69) is 69.5 Å². The minimum Gasteiger partial charge on any atom is -0.394 e. The minimum atomic E-state index is -0.0892. The number of aliphatic hydroxyl groups excluding tert-OH is 1. The Bertz CT molecular complexity index is 1370. The lowest BCUT2D eigenvalue weighted by Crippen LogP contribution is -2.43. The van der Waals surface area contributed by atoms with Crippen LogP contribution in [0.15, 0.2) is 72.9 Å². The fraction of sp³-hybridized carbons (Fsp3) is 0.433. The van der Waals surface area contributed by atoms with Gasteiger partial charge in [-0.3, -0.25) is 4.79 Å². The minimum absolute atomic E-state index is 0.00375.